The highest BCUT2D eigenvalue weighted by atomic mass is 35.5. The van der Waals surface area contributed by atoms with Crippen molar-refractivity contribution in [2.45, 2.75) is 30.2 Å². The average molecular weight is 206 g/mol. The molecule has 0 radical (unpaired) electrons. The predicted octanol–water partition coefficient (Wildman–Crippen LogP) is 1.81. The molecule has 1 aliphatic carbocycles. The number of hydrogen-bond donors (Lipinski definition) is 1. The summed E-state index contributed by atoms with van der Waals surface area (Å²) in [5.74, 6) is -7.70. The lowest BCUT2D eigenvalue weighted by Gasteiger charge is -2.21. The molecule has 0 aromatic rings. The Bertz CT molecular complexity index is 194. The van der Waals surface area contributed by atoms with Crippen LogP contribution in [0.15, 0.2) is 0 Å². The summed E-state index contributed by atoms with van der Waals surface area (Å²) in [7, 11) is 0. The highest BCUT2D eigenvalue weighted by molar-refractivity contribution is 5.85. The Labute approximate surface area is 72.9 Å². The molecule has 1 saturated carbocycles. The topological polar surface area (TPSA) is 12.0 Å². The molecular formula is C6H8ClF4N. The molecule has 0 bridgehead atoms. The smallest absolute Gasteiger partial charge is 0.300 e. The number of nitrogens with one attached hydrogen (secondary N) is 1. The third-order valence-corrected chi connectivity index (χ3v) is 2.46. The molecule has 1 aliphatic heterocycles. The molecule has 1 N–H and O–H groups in total. The van der Waals surface area contributed by atoms with Crippen LogP contribution in [-0.4, -0.2) is 23.9 Å². The van der Waals surface area contributed by atoms with Crippen molar-refractivity contribution in [3.63, 3.8) is 0 Å². The quantitative estimate of drug-likeness (QED) is 0.595. The van der Waals surface area contributed by atoms with Gasteiger partial charge in [-0.1, -0.05) is 0 Å². The molecule has 2 aliphatic rings. The van der Waals surface area contributed by atoms with Gasteiger partial charge in [0.1, 0.15) is 0 Å². The summed E-state index contributed by atoms with van der Waals surface area (Å²) < 4.78 is 50.4. The van der Waals surface area contributed by atoms with E-state index in [0.717, 1.165) is 0 Å². The SMILES string of the molecule is Cl.FC1(F)CNC2(CC2)C1(F)F. The minimum atomic E-state index is -3.86. The van der Waals surface area contributed by atoms with Crippen LogP contribution in [0.3, 0.4) is 0 Å². The second-order valence-corrected chi connectivity index (χ2v) is 3.21. The minimum absolute atomic E-state index is 0. The highest BCUT2D eigenvalue weighted by Gasteiger charge is 2.77. The summed E-state index contributed by atoms with van der Waals surface area (Å²) in [6, 6.07) is 0. The van der Waals surface area contributed by atoms with E-state index in [-0.39, 0.29) is 25.2 Å². The van der Waals surface area contributed by atoms with E-state index < -0.39 is 23.9 Å². The van der Waals surface area contributed by atoms with Crippen molar-refractivity contribution in [2.75, 3.05) is 6.54 Å². The zero-order valence-electron chi connectivity index (χ0n) is 6.04. The van der Waals surface area contributed by atoms with E-state index >= 15 is 0 Å². The summed E-state index contributed by atoms with van der Waals surface area (Å²) in [5.41, 5.74) is -1.56. The Hall–Kier alpha value is -0.0300. The standard InChI is InChI=1S/C6H7F4N.ClH/c7-5(8)3-11-4(1-2-4)6(5,9)10;/h11H,1-3H2;1H. The Morgan fingerprint density at radius 1 is 1.00 bits per heavy atom. The molecular weight excluding hydrogens is 198 g/mol. The van der Waals surface area contributed by atoms with E-state index in [4.69, 9.17) is 0 Å². The highest BCUT2D eigenvalue weighted by Crippen LogP contribution is 2.58. The van der Waals surface area contributed by atoms with Gasteiger partial charge in [-0.15, -0.1) is 12.4 Å². The molecule has 0 unspecified atom stereocenters. The fourth-order valence-corrected chi connectivity index (χ4v) is 1.47. The van der Waals surface area contributed by atoms with Crippen molar-refractivity contribution in [3.05, 3.63) is 0 Å². The van der Waals surface area contributed by atoms with Crippen LogP contribution in [0.5, 0.6) is 0 Å². The van der Waals surface area contributed by atoms with Crippen LogP contribution in [0, 0.1) is 0 Å². The lowest BCUT2D eigenvalue weighted by atomic mass is 10.1. The first-order chi connectivity index (χ1) is 4.91. The van der Waals surface area contributed by atoms with Gasteiger partial charge in [0.15, 0.2) is 0 Å². The van der Waals surface area contributed by atoms with Gasteiger partial charge in [-0.2, -0.15) is 17.6 Å². The maximum atomic E-state index is 12.8. The normalized spacial score (nSPS) is 33.0. The molecule has 2 fully saturated rings. The Morgan fingerprint density at radius 3 is 1.67 bits per heavy atom. The lowest BCUT2D eigenvalue weighted by Crippen LogP contribution is -2.46. The van der Waals surface area contributed by atoms with E-state index in [1.807, 2.05) is 0 Å². The van der Waals surface area contributed by atoms with Gasteiger partial charge >= 0.3 is 11.8 Å². The Balaban J connectivity index is 0.000000720. The molecule has 1 saturated heterocycles. The molecule has 6 heteroatoms. The third-order valence-electron chi connectivity index (χ3n) is 2.46. The van der Waals surface area contributed by atoms with Crippen LogP contribution in [0.1, 0.15) is 12.8 Å². The van der Waals surface area contributed by atoms with Crippen molar-refractivity contribution in [1.29, 1.82) is 0 Å². The summed E-state index contributed by atoms with van der Waals surface area (Å²) in [6.45, 7) is -0.889. The Kier molecular flexibility index (Phi) is 1.89. The maximum absolute atomic E-state index is 12.8. The number of rotatable bonds is 0. The average Bonchev–Trinajstić information content (AvgIpc) is 2.60. The first kappa shape index (κ1) is 10.1. The molecule has 0 aromatic carbocycles. The van der Waals surface area contributed by atoms with Crippen LogP contribution < -0.4 is 5.32 Å². The van der Waals surface area contributed by atoms with Crippen molar-refractivity contribution < 1.29 is 17.6 Å². The van der Waals surface area contributed by atoms with Gasteiger partial charge in [0, 0.05) is 0 Å². The fraction of sp³-hybridized carbons (Fsp3) is 1.00. The van der Waals surface area contributed by atoms with Crippen molar-refractivity contribution >= 4 is 12.4 Å². The molecule has 1 spiro atoms. The first-order valence-corrected chi connectivity index (χ1v) is 3.42. The van der Waals surface area contributed by atoms with Gasteiger partial charge < -0.3 is 0 Å². The molecule has 0 amide bonds. The number of halogens is 5. The second kappa shape index (κ2) is 2.26. The van der Waals surface area contributed by atoms with Gasteiger partial charge in [0.2, 0.25) is 0 Å². The monoisotopic (exact) mass is 205 g/mol. The molecule has 1 nitrogen and oxygen atoms in total. The van der Waals surface area contributed by atoms with E-state index in [2.05, 4.69) is 5.32 Å². The number of hydrogen-bond acceptors (Lipinski definition) is 1. The van der Waals surface area contributed by atoms with E-state index in [1.54, 1.807) is 0 Å². The van der Waals surface area contributed by atoms with Gasteiger partial charge in [-0.05, 0) is 12.8 Å². The van der Waals surface area contributed by atoms with Crippen LogP contribution >= 0.6 is 12.4 Å². The van der Waals surface area contributed by atoms with Crippen molar-refractivity contribution in [1.82, 2.24) is 5.32 Å². The second-order valence-electron chi connectivity index (χ2n) is 3.21. The largest absolute Gasteiger partial charge is 0.329 e. The zero-order valence-corrected chi connectivity index (χ0v) is 6.86. The molecule has 2 rings (SSSR count). The maximum Gasteiger partial charge on any atom is 0.329 e. The van der Waals surface area contributed by atoms with Crippen LogP contribution in [0.4, 0.5) is 17.6 Å². The lowest BCUT2D eigenvalue weighted by molar-refractivity contribution is -0.191. The minimum Gasteiger partial charge on any atom is -0.300 e. The van der Waals surface area contributed by atoms with Gasteiger partial charge in [0.05, 0.1) is 12.1 Å². The molecule has 0 aromatic heterocycles. The zero-order chi connectivity index (χ0) is 8.33. The van der Waals surface area contributed by atoms with Crippen LogP contribution in [0.25, 0.3) is 0 Å². The molecule has 72 valence electrons. The van der Waals surface area contributed by atoms with Crippen LogP contribution in [-0.2, 0) is 0 Å². The van der Waals surface area contributed by atoms with Gasteiger partial charge in [-0.25, -0.2) is 0 Å². The van der Waals surface area contributed by atoms with Gasteiger partial charge in [-0.3, -0.25) is 5.32 Å². The van der Waals surface area contributed by atoms with E-state index in [9.17, 15) is 17.6 Å². The van der Waals surface area contributed by atoms with Crippen LogP contribution in [0.2, 0.25) is 0 Å². The number of alkyl halides is 4. The summed E-state index contributed by atoms with van der Waals surface area (Å²) in [5, 5.41) is 2.19. The van der Waals surface area contributed by atoms with Gasteiger partial charge in [0.25, 0.3) is 0 Å². The predicted molar refractivity (Wildman–Crippen MR) is 37.1 cm³/mol. The first-order valence-electron chi connectivity index (χ1n) is 3.42. The van der Waals surface area contributed by atoms with E-state index in [1.165, 1.54) is 0 Å². The Morgan fingerprint density at radius 2 is 1.50 bits per heavy atom. The van der Waals surface area contributed by atoms with E-state index in [0.29, 0.717) is 0 Å². The molecule has 1 heterocycles. The summed E-state index contributed by atoms with van der Waals surface area (Å²) >= 11 is 0. The molecule has 12 heavy (non-hydrogen) atoms. The van der Waals surface area contributed by atoms with Crippen molar-refractivity contribution in [3.8, 4) is 0 Å². The van der Waals surface area contributed by atoms with Crippen molar-refractivity contribution in [2.24, 2.45) is 0 Å². The summed E-state index contributed by atoms with van der Waals surface area (Å²) in [4.78, 5) is 0. The summed E-state index contributed by atoms with van der Waals surface area (Å²) in [6.07, 6.45) is 0.325. The fourth-order valence-electron chi connectivity index (χ4n) is 1.47. The molecule has 0 atom stereocenters. The third kappa shape index (κ3) is 0.893.